The van der Waals surface area contributed by atoms with Crippen LogP contribution in [0.25, 0.3) is 60.9 Å². The molecule has 6 aromatic carbocycles. The number of amides is 2. The molecule has 6 heteroatoms. The van der Waals surface area contributed by atoms with Gasteiger partial charge < -0.3 is 4.57 Å². The molecule has 0 bridgehead atoms. The summed E-state index contributed by atoms with van der Waals surface area (Å²) in [6.07, 6.45) is 3.28. The third-order valence-electron chi connectivity index (χ3n) is 9.40. The van der Waals surface area contributed by atoms with E-state index in [-0.39, 0.29) is 11.8 Å². The van der Waals surface area contributed by atoms with Crippen molar-refractivity contribution < 1.29 is 9.59 Å². The van der Waals surface area contributed by atoms with Crippen LogP contribution in [0.3, 0.4) is 0 Å². The number of hydrogen-bond acceptors (Lipinski definition) is 4. The Bertz CT molecular complexity index is 2650. The van der Waals surface area contributed by atoms with Gasteiger partial charge in [-0.25, -0.2) is 4.90 Å². The Morgan fingerprint density at radius 2 is 1.18 bits per heavy atom. The lowest BCUT2D eigenvalue weighted by atomic mass is 9.97. The number of imide groups is 1. The lowest BCUT2D eigenvalue weighted by Crippen LogP contribution is -2.29. The molecule has 0 saturated carbocycles. The fourth-order valence-electron chi connectivity index (χ4n) is 7.17. The summed E-state index contributed by atoms with van der Waals surface area (Å²) in [5.41, 5.74) is 9.40. The van der Waals surface area contributed by atoms with Crippen LogP contribution >= 0.6 is 0 Å². The molecule has 50 heavy (non-hydrogen) atoms. The first-order valence-electron chi connectivity index (χ1n) is 16.3. The van der Waals surface area contributed by atoms with E-state index < -0.39 is 0 Å². The molecule has 8 aromatic rings. The molecule has 1 aliphatic rings. The van der Waals surface area contributed by atoms with Crippen molar-refractivity contribution in [2.75, 3.05) is 4.90 Å². The number of pyridine rings is 1. The van der Waals surface area contributed by atoms with E-state index in [2.05, 4.69) is 33.8 Å². The molecule has 0 unspecified atom stereocenters. The standard InChI is InChI=1S/C44H26N4O2/c45-25-28-21-33(27-46-26-28)35-16-9-17-37-36-15-7-8-19-39(36)48(42(35)37)40-20-10-18-38-41(40)44(50)47(43(38)49)34-23-31(29-11-3-1-4-12-29)22-32(24-34)30-13-5-2-6-14-30/h1-24,26-27H. The van der Waals surface area contributed by atoms with Crippen LogP contribution in [-0.2, 0) is 0 Å². The zero-order valence-corrected chi connectivity index (χ0v) is 26.6. The minimum Gasteiger partial charge on any atom is -0.308 e. The maximum Gasteiger partial charge on any atom is 0.268 e. The molecule has 2 amide bonds. The van der Waals surface area contributed by atoms with E-state index in [0.717, 1.165) is 55.2 Å². The third-order valence-corrected chi connectivity index (χ3v) is 9.40. The van der Waals surface area contributed by atoms with Crippen LogP contribution in [0, 0.1) is 11.3 Å². The maximum absolute atomic E-state index is 14.8. The molecule has 1 aliphatic heterocycles. The Morgan fingerprint density at radius 1 is 0.540 bits per heavy atom. The van der Waals surface area contributed by atoms with Gasteiger partial charge in [0.15, 0.2) is 0 Å². The number of benzene rings is 6. The second-order valence-corrected chi connectivity index (χ2v) is 12.3. The van der Waals surface area contributed by atoms with Crippen molar-refractivity contribution in [2.24, 2.45) is 0 Å². The van der Waals surface area contributed by atoms with Gasteiger partial charge in [0.05, 0.1) is 39.1 Å². The molecular formula is C44H26N4O2. The quantitative estimate of drug-likeness (QED) is 0.175. The summed E-state index contributed by atoms with van der Waals surface area (Å²) < 4.78 is 2.07. The molecule has 0 spiro atoms. The highest BCUT2D eigenvalue weighted by Crippen LogP contribution is 2.42. The van der Waals surface area contributed by atoms with Gasteiger partial charge in [0, 0.05) is 34.3 Å². The Balaban J connectivity index is 1.27. The average Bonchev–Trinajstić information content (AvgIpc) is 3.66. The lowest BCUT2D eigenvalue weighted by molar-refractivity contribution is 0.0926. The maximum atomic E-state index is 14.8. The van der Waals surface area contributed by atoms with E-state index in [1.165, 1.54) is 11.1 Å². The van der Waals surface area contributed by atoms with Crippen LogP contribution in [0.1, 0.15) is 26.3 Å². The SMILES string of the molecule is N#Cc1cncc(-c2cccc3c4ccccc4n(-c4cccc5c4C(=O)N(c4cc(-c6ccccc6)cc(-c6ccccc6)c4)C5=O)c23)c1. The number of nitriles is 1. The molecule has 9 rings (SSSR count). The van der Waals surface area contributed by atoms with Crippen molar-refractivity contribution in [3.05, 3.63) is 175 Å². The number of carbonyl (C=O) groups excluding carboxylic acids is 2. The minimum atomic E-state index is -0.388. The predicted octanol–water partition coefficient (Wildman–Crippen LogP) is 9.85. The van der Waals surface area contributed by atoms with Crippen molar-refractivity contribution in [1.29, 1.82) is 5.26 Å². The zero-order chi connectivity index (χ0) is 33.8. The molecule has 0 N–H and O–H groups in total. The molecule has 0 fully saturated rings. The van der Waals surface area contributed by atoms with Crippen LogP contribution in [0.2, 0.25) is 0 Å². The zero-order valence-electron chi connectivity index (χ0n) is 26.6. The number of aromatic nitrogens is 2. The van der Waals surface area contributed by atoms with Crippen LogP contribution < -0.4 is 4.90 Å². The number of nitrogens with zero attached hydrogens (tertiary/aromatic N) is 4. The summed E-state index contributed by atoms with van der Waals surface area (Å²) in [5, 5.41) is 11.6. The molecule has 6 nitrogen and oxygen atoms in total. The second-order valence-electron chi connectivity index (χ2n) is 12.3. The van der Waals surface area contributed by atoms with E-state index in [1.54, 1.807) is 12.3 Å². The molecule has 0 atom stereocenters. The Morgan fingerprint density at radius 3 is 1.90 bits per heavy atom. The van der Waals surface area contributed by atoms with Crippen molar-refractivity contribution in [2.45, 2.75) is 0 Å². The summed E-state index contributed by atoms with van der Waals surface area (Å²) in [7, 11) is 0. The minimum absolute atomic E-state index is 0.338. The van der Waals surface area contributed by atoms with Gasteiger partial charge in [0.1, 0.15) is 6.07 Å². The summed E-state index contributed by atoms with van der Waals surface area (Å²) in [5.74, 6) is -0.760. The summed E-state index contributed by atoms with van der Waals surface area (Å²) in [6.45, 7) is 0. The van der Waals surface area contributed by atoms with Gasteiger partial charge in [-0.2, -0.15) is 5.26 Å². The van der Waals surface area contributed by atoms with Crippen molar-refractivity contribution in [3.63, 3.8) is 0 Å². The van der Waals surface area contributed by atoms with Gasteiger partial charge in [0.25, 0.3) is 11.8 Å². The van der Waals surface area contributed by atoms with E-state index in [0.29, 0.717) is 28.1 Å². The van der Waals surface area contributed by atoms with E-state index in [9.17, 15) is 14.9 Å². The smallest absolute Gasteiger partial charge is 0.268 e. The molecule has 2 aromatic heterocycles. The number of para-hydroxylation sites is 2. The van der Waals surface area contributed by atoms with E-state index >= 15 is 0 Å². The molecule has 3 heterocycles. The number of fused-ring (bicyclic) bond motifs is 4. The number of hydrogen-bond donors (Lipinski definition) is 0. The molecule has 0 radical (unpaired) electrons. The van der Waals surface area contributed by atoms with Gasteiger partial charge in [-0.1, -0.05) is 103 Å². The number of rotatable bonds is 5. The fourth-order valence-corrected chi connectivity index (χ4v) is 7.17. The molecule has 0 saturated heterocycles. The van der Waals surface area contributed by atoms with E-state index in [4.69, 9.17) is 0 Å². The average molecular weight is 643 g/mol. The normalized spacial score (nSPS) is 12.4. The molecule has 234 valence electrons. The highest BCUT2D eigenvalue weighted by molar-refractivity contribution is 6.36. The Hall–Kier alpha value is -7.10. The van der Waals surface area contributed by atoms with Gasteiger partial charge in [-0.15, -0.1) is 0 Å². The highest BCUT2D eigenvalue weighted by Gasteiger charge is 2.40. The fraction of sp³-hybridized carbons (Fsp3) is 0. The van der Waals surface area contributed by atoms with Crippen LogP contribution in [0.4, 0.5) is 5.69 Å². The largest absolute Gasteiger partial charge is 0.308 e. The Labute approximate surface area is 287 Å². The third kappa shape index (κ3) is 4.53. The highest BCUT2D eigenvalue weighted by atomic mass is 16.2. The molecule has 0 aliphatic carbocycles. The lowest BCUT2D eigenvalue weighted by Gasteiger charge is -2.18. The van der Waals surface area contributed by atoms with Crippen molar-refractivity contribution in [1.82, 2.24) is 9.55 Å². The Kier molecular flexibility index (Phi) is 6.72. The van der Waals surface area contributed by atoms with Crippen LogP contribution in [-0.4, -0.2) is 21.4 Å². The van der Waals surface area contributed by atoms with Gasteiger partial charge in [-0.05, 0) is 64.7 Å². The van der Waals surface area contributed by atoms with E-state index in [1.807, 2.05) is 121 Å². The van der Waals surface area contributed by atoms with Crippen LogP contribution in [0.15, 0.2) is 158 Å². The summed E-state index contributed by atoms with van der Waals surface area (Å²) in [4.78, 5) is 34.8. The first kappa shape index (κ1) is 29.1. The number of carbonyl (C=O) groups is 2. The van der Waals surface area contributed by atoms with Gasteiger partial charge >= 0.3 is 0 Å². The van der Waals surface area contributed by atoms with Crippen molar-refractivity contribution >= 4 is 39.3 Å². The topological polar surface area (TPSA) is 79.0 Å². The first-order valence-corrected chi connectivity index (χ1v) is 16.3. The summed E-state index contributed by atoms with van der Waals surface area (Å²) in [6, 6.07) is 49.4. The van der Waals surface area contributed by atoms with Crippen LogP contribution in [0.5, 0.6) is 0 Å². The first-order chi connectivity index (χ1) is 24.6. The second kappa shape index (κ2) is 11.6. The monoisotopic (exact) mass is 642 g/mol. The summed E-state index contributed by atoms with van der Waals surface area (Å²) >= 11 is 0. The molecular weight excluding hydrogens is 617 g/mol. The van der Waals surface area contributed by atoms with Gasteiger partial charge in [-0.3, -0.25) is 14.6 Å². The van der Waals surface area contributed by atoms with Crippen molar-refractivity contribution in [3.8, 4) is 45.1 Å². The van der Waals surface area contributed by atoms with Gasteiger partial charge in [0.2, 0.25) is 0 Å². The number of anilines is 1. The predicted molar refractivity (Wildman–Crippen MR) is 197 cm³/mol.